The molecule has 4 nitrogen and oxygen atoms in total. The summed E-state index contributed by atoms with van der Waals surface area (Å²) in [5, 5.41) is 0. The van der Waals surface area contributed by atoms with E-state index >= 15 is 0 Å². The Morgan fingerprint density at radius 3 is 2.60 bits per heavy atom. The Labute approximate surface area is 92.8 Å². The van der Waals surface area contributed by atoms with Gasteiger partial charge in [-0.2, -0.15) is 0 Å². The zero-order valence-electron chi connectivity index (χ0n) is 10.2. The van der Waals surface area contributed by atoms with Crippen molar-refractivity contribution in [2.75, 3.05) is 26.3 Å². The molecule has 0 saturated heterocycles. The van der Waals surface area contributed by atoms with Crippen LogP contribution < -0.4 is 5.73 Å². The van der Waals surface area contributed by atoms with Gasteiger partial charge in [0.15, 0.2) is 0 Å². The van der Waals surface area contributed by atoms with Crippen molar-refractivity contribution in [1.29, 1.82) is 0 Å². The van der Waals surface area contributed by atoms with Crippen LogP contribution in [0.2, 0.25) is 0 Å². The lowest BCUT2D eigenvalue weighted by Gasteiger charge is -2.26. The number of rotatable bonds is 8. The average Bonchev–Trinajstić information content (AvgIpc) is 2.18. The lowest BCUT2D eigenvalue weighted by molar-refractivity contribution is -0.134. The van der Waals surface area contributed by atoms with Crippen LogP contribution in [-0.2, 0) is 9.53 Å². The first-order valence-electron chi connectivity index (χ1n) is 5.70. The minimum Gasteiger partial charge on any atom is -0.381 e. The summed E-state index contributed by atoms with van der Waals surface area (Å²) in [6, 6.07) is 0.241. The van der Waals surface area contributed by atoms with Crippen LogP contribution in [0.3, 0.4) is 0 Å². The summed E-state index contributed by atoms with van der Waals surface area (Å²) in [4.78, 5) is 13.6. The van der Waals surface area contributed by atoms with Crippen molar-refractivity contribution < 1.29 is 9.53 Å². The van der Waals surface area contributed by atoms with E-state index < -0.39 is 0 Å². The molecular formula is C11H24N2O2. The summed E-state index contributed by atoms with van der Waals surface area (Å²) in [6.45, 7) is 8.53. The maximum absolute atomic E-state index is 11.8. The molecular weight excluding hydrogens is 192 g/mol. The van der Waals surface area contributed by atoms with Gasteiger partial charge in [-0.15, -0.1) is 0 Å². The number of hydrogen-bond donors (Lipinski definition) is 1. The fourth-order valence-electron chi connectivity index (χ4n) is 1.38. The number of hydrogen-bond acceptors (Lipinski definition) is 3. The highest BCUT2D eigenvalue weighted by molar-refractivity contribution is 5.76. The third-order valence-corrected chi connectivity index (χ3v) is 2.21. The van der Waals surface area contributed by atoms with Gasteiger partial charge in [-0.3, -0.25) is 4.79 Å². The molecule has 0 bridgehead atoms. The van der Waals surface area contributed by atoms with E-state index in [2.05, 4.69) is 0 Å². The number of carbonyl (C=O) groups excluding carboxylic acids is 1. The van der Waals surface area contributed by atoms with E-state index in [4.69, 9.17) is 10.5 Å². The van der Waals surface area contributed by atoms with Crippen LogP contribution in [0.5, 0.6) is 0 Å². The number of nitrogens with two attached hydrogens (primary N) is 1. The van der Waals surface area contributed by atoms with Crippen molar-refractivity contribution in [3.63, 3.8) is 0 Å². The maximum atomic E-state index is 11.8. The summed E-state index contributed by atoms with van der Waals surface area (Å²) in [7, 11) is 0. The van der Waals surface area contributed by atoms with Crippen molar-refractivity contribution in [2.24, 2.45) is 5.73 Å². The number of ether oxygens (including phenoxy) is 1. The molecule has 0 radical (unpaired) electrons. The van der Waals surface area contributed by atoms with Gasteiger partial charge in [0.1, 0.15) is 0 Å². The highest BCUT2D eigenvalue weighted by atomic mass is 16.5. The second kappa shape index (κ2) is 8.68. The van der Waals surface area contributed by atoms with E-state index in [-0.39, 0.29) is 11.9 Å². The Hall–Kier alpha value is -0.610. The van der Waals surface area contributed by atoms with Crippen LogP contribution in [-0.4, -0.2) is 43.2 Å². The zero-order chi connectivity index (χ0) is 11.7. The lowest BCUT2D eigenvalue weighted by atomic mass is 10.2. The van der Waals surface area contributed by atoms with Crippen molar-refractivity contribution in [3.05, 3.63) is 0 Å². The molecule has 0 fully saturated rings. The molecule has 0 aromatic carbocycles. The van der Waals surface area contributed by atoms with Crippen LogP contribution in [0, 0.1) is 0 Å². The number of nitrogens with zero attached hydrogens (tertiary/aromatic N) is 1. The SMILES string of the molecule is CCOCCC(=O)N(CCCN)C(C)C. The molecule has 4 heteroatoms. The van der Waals surface area contributed by atoms with Crippen molar-refractivity contribution in [3.8, 4) is 0 Å². The van der Waals surface area contributed by atoms with E-state index in [0.717, 1.165) is 13.0 Å². The van der Waals surface area contributed by atoms with E-state index in [1.165, 1.54) is 0 Å². The summed E-state index contributed by atoms with van der Waals surface area (Å²) >= 11 is 0. The topological polar surface area (TPSA) is 55.6 Å². The monoisotopic (exact) mass is 216 g/mol. The Morgan fingerprint density at radius 1 is 1.47 bits per heavy atom. The minimum absolute atomic E-state index is 0.159. The molecule has 15 heavy (non-hydrogen) atoms. The van der Waals surface area contributed by atoms with Crippen molar-refractivity contribution in [1.82, 2.24) is 4.90 Å². The molecule has 2 N–H and O–H groups in total. The molecule has 0 atom stereocenters. The van der Waals surface area contributed by atoms with Gasteiger partial charge >= 0.3 is 0 Å². The Bertz CT molecular complexity index is 172. The summed E-state index contributed by atoms with van der Waals surface area (Å²) in [6.07, 6.45) is 1.33. The molecule has 1 amide bonds. The molecule has 0 heterocycles. The first-order chi connectivity index (χ1) is 7.13. The van der Waals surface area contributed by atoms with E-state index in [1.807, 2.05) is 25.7 Å². The molecule has 0 rings (SSSR count). The molecule has 0 spiro atoms. The predicted molar refractivity (Wildman–Crippen MR) is 61.6 cm³/mol. The molecule has 0 aliphatic rings. The van der Waals surface area contributed by atoms with Gasteiger partial charge < -0.3 is 15.4 Å². The quantitative estimate of drug-likeness (QED) is 0.616. The van der Waals surface area contributed by atoms with Crippen LogP contribution in [0.4, 0.5) is 0 Å². The van der Waals surface area contributed by atoms with Gasteiger partial charge in [0.25, 0.3) is 0 Å². The van der Waals surface area contributed by atoms with Gasteiger partial charge in [-0.1, -0.05) is 0 Å². The Balaban J connectivity index is 3.93. The summed E-state index contributed by atoms with van der Waals surface area (Å²) in [5.41, 5.74) is 5.44. The fraction of sp³-hybridized carbons (Fsp3) is 0.909. The smallest absolute Gasteiger partial charge is 0.225 e. The van der Waals surface area contributed by atoms with E-state index in [1.54, 1.807) is 0 Å². The largest absolute Gasteiger partial charge is 0.381 e. The molecule has 0 aromatic heterocycles. The van der Waals surface area contributed by atoms with Crippen LogP contribution in [0.15, 0.2) is 0 Å². The Kier molecular flexibility index (Phi) is 8.33. The van der Waals surface area contributed by atoms with Gasteiger partial charge in [-0.25, -0.2) is 0 Å². The van der Waals surface area contributed by atoms with E-state index in [9.17, 15) is 4.79 Å². The zero-order valence-corrected chi connectivity index (χ0v) is 10.2. The van der Waals surface area contributed by atoms with Gasteiger partial charge in [0.2, 0.25) is 5.91 Å². The fourth-order valence-corrected chi connectivity index (χ4v) is 1.38. The van der Waals surface area contributed by atoms with Crippen LogP contribution in [0.1, 0.15) is 33.6 Å². The Morgan fingerprint density at radius 2 is 2.13 bits per heavy atom. The highest BCUT2D eigenvalue weighted by Gasteiger charge is 2.15. The lowest BCUT2D eigenvalue weighted by Crippen LogP contribution is -2.38. The van der Waals surface area contributed by atoms with Crippen LogP contribution >= 0.6 is 0 Å². The second-order valence-electron chi connectivity index (χ2n) is 3.77. The number of amides is 1. The number of carbonyl (C=O) groups is 1. The first-order valence-corrected chi connectivity index (χ1v) is 5.70. The van der Waals surface area contributed by atoms with E-state index in [0.29, 0.717) is 26.2 Å². The molecule has 90 valence electrons. The summed E-state index contributed by atoms with van der Waals surface area (Å²) < 4.78 is 5.17. The summed E-state index contributed by atoms with van der Waals surface area (Å²) in [5.74, 6) is 0.159. The van der Waals surface area contributed by atoms with Gasteiger partial charge in [0.05, 0.1) is 13.0 Å². The third-order valence-electron chi connectivity index (χ3n) is 2.21. The molecule has 0 unspecified atom stereocenters. The second-order valence-corrected chi connectivity index (χ2v) is 3.77. The minimum atomic E-state index is 0.159. The maximum Gasteiger partial charge on any atom is 0.225 e. The van der Waals surface area contributed by atoms with Crippen LogP contribution in [0.25, 0.3) is 0 Å². The standard InChI is InChI=1S/C11H24N2O2/c1-4-15-9-6-11(14)13(10(2)3)8-5-7-12/h10H,4-9,12H2,1-3H3. The van der Waals surface area contributed by atoms with Crippen molar-refractivity contribution in [2.45, 2.75) is 39.7 Å². The molecule has 0 saturated carbocycles. The predicted octanol–water partition coefficient (Wildman–Crippen LogP) is 0.999. The van der Waals surface area contributed by atoms with Gasteiger partial charge in [0, 0.05) is 19.2 Å². The average molecular weight is 216 g/mol. The van der Waals surface area contributed by atoms with Crippen molar-refractivity contribution >= 4 is 5.91 Å². The highest BCUT2D eigenvalue weighted by Crippen LogP contribution is 2.03. The normalized spacial score (nSPS) is 10.7. The first kappa shape index (κ1) is 14.4. The molecule has 0 aromatic rings. The van der Waals surface area contributed by atoms with Gasteiger partial charge in [-0.05, 0) is 33.7 Å². The third kappa shape index (κ3) is 6.47. The molecule has 0 aliphatic heterocycles. The molecule has 0 aliphatic carbocycles.